The number of ether oxygens (including phenoxy) is 8. The van der Waals surface area contributed by atoms with Gasteiger partial charge in [-0.3, -0.25) is 28.0 Å². The summed E-state index contributed by atoms with van der Waals surface area (Å²) in [5.74, 6) is -4.37. The Morgan fingerprint density at radius 1 is 0.676 bits per heavy atom. The van der Waals surface area contributed by atoms with Crippen LogP contribution < -0.4 is 5.32 Å². The van der Waals surface area contributed by atoms with Gasteiger partial charge in [0, 0.05) is 26.0 Å². The Labute approximate surface area is 421 Å². The van der Waals surface area contributed by atoms with Gasteiger partial charge in [-0.15, -0.1) is 0 Å². The molecule has 4 fully saturated rings. The van der Waals surface area contributed by atoms with Gasteiger partial charge in [-0.05, 0) is 30.1 Å². The van der Waals surface area contributed by atoms with Gasteiger partial charge in [0.2, 0.25) is 5.91 Å². The van der Waals surface area contributed by atoms with Crippen LogP contribution in [0.4, 0.5) is 0 Å². The van der Waals surface area contributed by atoms with Gasteiger partial charge in [0.15, 0.2) is 49.6 Å². The molecule has 13 N–H and O–H groups in total. The molecule has 4 rings (SSSR count). The smallest absolute Gasteiger partial charge is 0.397 e. The zero-order chi connectivity index (χ0) is 55.5. The summed E-state index contributed by atoms with van der Waals surface area (Å²) in [5, 5.41) is 96.0. The van der Waals surface area contributed by atoms with E-state index in [4.69, 9.17) is 48.3 Å². The van der Waals surface area contributed by atoms with Crippen molar-refractivity contribution in [3.8, 4) is 0 Å². The van der Waals surface area contributed by atoms with Crippen LogP contribution in [0.25, 0.3) is 0 Å². The highest BCUT2D eigenvalue weighted by Gasteiger charge is 2.58. The normalized spacial score (nSPS) is 36.8. The lowest BCUT2D eigenvalue weighted by Gasteiger charge is -2.48. The van der Waals surface area contributed by atoms with Crippen molar-refractivity contribution >= 4 is 59.9 Å². The first kappa shape index (κ1) is 63.9. The lowest BCUT2D eigenvalue weighted by Crippen LogP contribution is -2.67. The van der Waals surface area contributed by atoms with Crippen molar-refractivity contribution in [3.63, 3.8) is 0 Å². The van der Waals surface area contributed by atoms with E-state index in [1.807, 2.05) is 0 Å². The third kappa shape index (κ3) is 18.8. The van der Waals surface area contributed by atoms with Crippen LogP contribution in [0.5, 0.6) is 0 Å². The molecule has 40 heteroatoms. The maximum absolute atomic E-state index is 12.7. The van der Waals surface area contributed by atoms with Gasteiger partial charge in [0.1, 0.15) is 54.9 Å². The second-order valence-corrected chi connectivity index (χ2v) is 20.3. The number of aliphatic hydroxyl groups is 6. The number of aliphatic hydroxyl groups excluding tert-OH is 6. The van der Waals surface area contributed by atoms with Crippen LogP contribution in [0.2, 0.25) is 0 Å². The van der Waals surface area contributed by atoms with Crippen molar-refractivity contribution in [3.05, 3.63) is 0 Å². The molecule has 0 spiro atoms. The number of carbonyl (C=O) groups excluding carboxylic acids is 1. The Morgan fingerprint density at radius 3 is 1.77 bits per heavy atom. The van der Waals surface area contributed by atoms with Crippen LogP contribution in [0.1, 0.15) is 51.9 Å². The monoisotopic (exact) mass is 1170 g/mol. The highest BCUT2D eigenvalue weighted by Crippen LogP contribution is 2.37. The Hall–Kier alpha value is -2.67. The third-order valence-corrected chi connectivity index (χ3v) is 13.0. The molecule has 4 aliphatic rings. The molecule has 74 heavy (non-hydrogen) atoms. The van der Waals surface area contributed by atoms with E-state index in [1.54, 1.807) is 0 Å². The molecular weight excluding hydrogens is 1110 g/mol. The van der Waals surface area contributed by atoms with E-state index in [0.29, 0.717) is 19.3 Å². The summed E-state index contributed by atoms with van der Waals surface area (Å²) in [4.78, 5) is 36.7. The first-order valence-electron chi connectivity index (χ1n) is 21.8. The highest BCUT2D eigenvalue weighted by atomic mass is 32.3. The van der Waals surface area contributed by atoms with Crippen molar-refractivity contribution in [1.82, 2.24) is 5.32 Å². The minimum atomic E-state index is -5.77. The predicted molar refractivity (Wildman–Crippen MR) is 227 cm³/mol. The van der Waals surface area contributed by atoms with Crippen molar-refractivity contribution in [2.75, 3.05) is 26.4 Å². The molecule has 432 valence electrons. The Kier molecular flexibility index (Phi) is 24.4. The van der Waals surface area contributed by atoms with Gasteiger partial charge in [0.25, 0.3) is 0 Å². The largest absolute Gasteiger partial charge is 0.479 e. The number of nitrogens with zero attached hydrogens (tertiary/aromatic N) is 1. The number of carboxylic acid groups (broad SMARTS) is 2. The van der Waals surface area contributed by atoms with Crippen LogP contribution in [-0.2, 0) is 115 Å². The Balaban J connectivity index is 1.59. The van der Waals surface area contributed by atoms with Crippen LogP contribution in [0, 0.1) is 0 Å². The van der Waals surface area contributed by atoms with E-state index in [1.165, 1.54) is 6.92 Å². The molecule has 4 heterocycles. The zero-order valence-electron chi connectivity index (χ0n) is 38.2. The van der Waals surface area contributed by atoms with Gasteiger partial charge in [-0.2, -0.15) is 25.3 Å². The second kappa shape index (κ2) is 28.3. The molecule has 0 aromatic heterocycles. The van der Waals surface area contributed by atoms with E-state index in [9.17, 15) is 93.2 Å². The number of hydrogen-bond donors (Lipinski definition) is 13. The minimum Gasteiger partial charge on any atom is -0.479 e. The molecule has 19 unspecified atom stereocenters. The number of aliphatic carboxylic acids is 2. The van der Waals surface area contributed by atoms with Crippen LogP contribution >= 0.6 is 0 Å². The second-order valence-electron chi connectivity index (χ2n) is 16.3. The number of hydrogen-bond acceptors (Lipinski definition) is 31. The summed E-state index contributed by atoms with van der Waals surface area (Å²) in [6.07, 6.45) is -40.4. The molecule has 0 aromatic rings. The van der Waals surface area contributed by atoms with E-state index < -0.39 is 184 Å². The van der Waals surface area contributed by atoms with E-state index in [-0.39, 0.29) is 44.9 Å². The van der Waals surface area contributed by atoms with Gasteiger partial charge in [-0.1, -0.05) is 19.8 Å². The lowest BCUT2D eigenvalue weighted by molar-refractivity contribution is -0.364. The fraction of sp³-hybridized carbons (Fsp3) is 0.912. The number of unbranched alkanes of at least 4 members (excludes halogenated alkanes) is 3. The van der Waals surface area contributed by atoms with Crippen molar-refractivity contribution in [2.45, 2.75) is 169 Å². The molecule has 19 atom stereocenters. The van der Waals surface area contributed by atoms with E-state index in [2.05, 4.69) is 26.6 Å². The molecule has 0 radical (unpaired) electrons. The van der Waals surface area contributed by atoms with Crippen LogP contribution in [-0.4, -0.2) is 246 Å². The van der Waals surface area contributed by atoms with E-state index in [0.717, 1.165) is 0 Å². The van der Waals surface area contributed by atoms with Crippen LogP contribution in [0.3, 0.4) is 0 Å². The standard InChI is InChI=1S/C34H57N2O34S4/c1-2-14-19(40)20(41)18(36-71(49)70-48)32(62-14)65-25-22(43)27(69-74(56,57)58)34(67-29(25)31(46)47)64-23-13(38)11-17(61-15(23)12-60-72(50,51)52)63-24-21(42)26(68-73(53,54)55)33(66-28(24)30(44)45)59-10-6-4-3-5-8-35-16(39)7-9-37/h13-15,17-29,32-34,37-38,40-43,48H,2-12H2,1H3,(H,35,39)(H,44,45)(H,46,47)(H,50,51,52)(H,53,54,55)(H,56,57,58)/q-1. The quantitative estimate of drug-likeness (QED) is 0.0114. The summed E-state index contributed by atoms with van der Waals surface area (Å²) in [6, 6.07) is -2.05. The van der Waals surface area contributed by atoms with Gasteiger partial charge < -0.3 is 92.6 Å². The first-order chi connectivity index (χ1) is 34.5. The molecule has 1 amide bonds. The molecule has 0 bridgehead atoms. The molecule has 0 saturated carbocycles. The highest BCUT2D eigenvalue weighted by molar-refractivity contribution is 7.81. The maximum Gasteiger partial charge on any atom is 0.397 e. The average Bonchev–Trinajstić information content (AvgIpc) is 3.29. The number of rotatable bonds is 28. The summed E-state index contributed by atoms with van der Waals surface area (Å²) in [6.45, 7) is -0.379. The molecule has 4 aliphatic heterocycles. The summed E-state index contributed by atoms with van der Waals surface area (Å²) in [7, 11) is -19.8. The van der Waals surface area contributed by atoms with E-state index >= 15 is 0 Å². The van der Waals surface area contributed by atoms with Gasteiger partial charge in [-0.25, -0.2) is 22.1 Å². The SMILES string of the molecule is CCC1OC(OC2C(C(=O)O)OC(OC3C(O)CC(OC4C(C(=O)O)OC(OCCCCCCNC(=O)CCO)C(OS(=O)(=O)O)C4O)OC3COS(=O)(=O)O)C(OS(=O)(=O)O)C2O)C(N=[S-](=O)OO)C(O)C1O. The minimum absolute atomic E-state index is 0.0898. The van der Waals surface area contributed by atoms with Crippen LogP contribution in [0.15, 0.2) is 4.36 Å². The van der Waals surface area contributed by atoms with Crippen molar-refractivity contribution in [1.29, 1.82) is 0 Å². The number of amides is 1. The summed E-state index contributed by atoms with van der Waals surface area (Å²) < 4.78 is 177. The summed E-state index contributed by atoms with van der Waals surface area (Å²) in [5.41, 5.74) is 0. The zero-order valence-corrected chi connectivity index (χ0v) is 41.4. The Morgan fingerprint density at radius 2 is 1.23 bits per heavy atom. The predicted octanol–water partition coefficient (Wildman–Crippen LogP) is -5.99. The molecular formula is C34H57N2O34S4-. The van der Waals surface area contributed by atoms with Gasteiger partial charge in [0.05, 0.1) is 25.4 Å². The fourth-order valence-electron chi connectivity index (χ4n) is 7.82. The molecule has 0 aromatic carbocycles. The number of carbonyl (C=O) groups is 3. The van der Waals surface area contributed by atoms with Gasteiger partial charge >= 0.3 is 43.1 Å². The number of carboxylic acids is 2. The van der Waals surface area contributed by atoms with Crippen molar-refractivity contribution < 1.29 is 158 Å². The maximum atomic E-state index is 12.7. The summed E-state index contributed by atoms with van der Waals surface area (Å²) >= 11 is 0. The topological polar surface area (TPSA) is 549 Å². The number of nitrogens with one attached hydrogen (secondary N) is 1. The average molecular weight is 1170 g/mol. The third-order valence-electron chi connectivity index (χ3n) is 11.1. The molecule has 4 saturated heterocycles. The molecule has 0 aliphatic carbocycles. The van der Waals surface area contributed by atoms with Crippen molar-refractivity contribution in [2.24, 2.45) is 4.36 Å². The first-order valence-corrected chi connectivity index (χ1v) is 26.9. The molecule has 36 nitrogen and oxygen atoms in total. The lowest BCUT2D eigenvalue weighted by atomic mass is 9.94. The fourth-order valence-corrected chi connectivity index (χ4v) is 9.56. The Bertz CT molecular complexity index is 2270.